The SMILES string of the molecule is CCOC(=O)C1=C(C)NC(=S)N[C@H]1c1ccccc1OCC(=O)NN=Cc1ccc(OCc2ccc(Cl)cc2)c(I)c1. The lowest BCUT2D eigenvalue weighted by Gasteiger charge is -2.30. The fourth-order valence-electron chi connectivity index (χ4n) is 4.07. The van der Waals surface area contributed by atoms with Crippen LogP contribution < -0.4 is 25.5 Å². The number of nitrogens with one attached hydrogen (secondary N) is 3. The first-order valence-electron chi connectivity index (χ1n) is 12.9. The molecule has 0 radical (unpaired) electrons. The highest BCUT2D eigenvalue weighted by Gasteiger charge is 2.32. The van der Waals surface area contributed by atoms with E-state index in [0.717, 1.165) is 20.4 Å². The average molecular weight is 719 g/mol. The van der Waals surface area contributed by atoms with Gasteiger partial charge in [0.1, 0.15) is 18.1 Å². The van der Waals surface area contributed by atoms with Gasteiger partial charge in [-0.25, -0.2) is 10.2 Å². The first-order valence-corrected chi connectivity index (χ1v) is 14.8. The molecule has 1 heterocycles. The minimum Gasteiger partial charge on any atom is -0.488 e. The molecule has 3 aromatic carbocycles. The zero-order valence-corrected chi connectivity index (χ0v) is 26.5. The summed E-state index contributed by atoms with van der Waals surface area (Å²) in [6.45, 7) is 3.84. The second-order valence-corrected chi connectivity index (χ2v) is 11.0. The molecule has 1 atom stereocenters. The van der Waals surface area contributed by atoms with E-state index in [1.165, 1.54) is 6.21 Å². The van der Waals surface area contributed by atoms with Crippen molar-refractivity contribution in [2.75, 3.05) is 13.2 Å². The third-order valence-electron chi connectivity index (χ3n) is 6.02. The molecule has 1 aliphatic rings. The van der Waals surface area contributed by atoms with Gasteiger partial charge in [-0.15, -0.1) is 0 Å². The topological polar surface area (TPSA) is 110 Å². The number of ether oxygens (including phenoxy) is 3. The van der Waals surface area contributed by atoms with Gasteiger partial charge in [0.05, 0.1) is 28.0 Å². The molecule has 0 spiro atoms. The van der Waals surface area contributed by atoms with Crippen LogP contribution in [0.5, 0.6) is 11.5 Å². The van der Waals surface area contributed by atoms with E-state index in [2.05, 4.69) is 43.8 Å². The van der Waals surface area contributed by atoms with Crippen molar-refractivity contribution in [3.8, 4) is 11.5 Å². The average Bonchev–Trinajstić information content (AvgIpc) is 2.96. The number of esters is 1. The standard InChI is InChI=1S/C30H28ClIN4O5S/c1-3-39-29(38)27-18(2)34-30(42)35-28(27)22-6-4-5-7-24(22)41-17-26(37)36-33-15-20-10-13-25(23(32)14-20)40-16-19-8-11-21(31)12-9-19/h4-15,28H,3,16-17H2,1-2H3,(H,36,37)(H2,34,35,42)/t28-/m0/s1. The number of halogens is 2. The minimum atomic E-state index is -0.615. The summed E-state index contributed by atoms with van der Waals surface area (Å²) in [6.07, 6.45) is 1.54. The fraction of sp³-hybridized carbons (Fsp3) is 0.200. The Labute approximate surface area is 267 Å². The van der Waals surface area contributed by atoms with E-state index in [-0.39, 0.29) is 13.2 Å². The van der Waals surface area contributed by atoms with Gasteiger partial charge in [0.2, 0.25) is 0 Å². The minimum absolute atomic E-state index is 0.229. The van der Waals surface area contributed by atoms with E-state index in [9.17, 15) is 9.59 Å². The summed E-state index contributed by atoms with van der Waals surface area (Å²) in [4.78, 5) is 25.2. The van der Waals surface area contributed by atoms with Crippen LogP contribution in [0.15, 0.2) is 83.1 Å². The Bertz CT molecular complexity index is 1530. The van der Waals surface area contributed by atoms with Crippen molar-refractivity contribution in [1.82, 2.24) is 16.1 Å². The normalized spacial score (nSPS) is 14.7. The van der Waals surface area contributed by atoms with Crippen LogP contribution in [0, 0.1) is 3.57 Å². The number of rotatable bonds is 11. The lowest BCUT2D eigenvalue weighted by atomic mass is 9.95. The van der Waals surface area contributed by atoms with Crippen LogP contribution in [-0.4, -0.2) is 36.4 Å². The van der Waals surface area contributed by atoms with Crippen LogP contribution in [0.3, 0.4) is 0 Å². The Morgan fingerprint density at radius 2 is 1.86 bits per heavy atom. The molecule has 0 fully saturated rings. The number of allylic oxidation sites excluding steroid dienone is 1. The molecule has 0 bridgehead atoms. The van der Waals surface area contributed by atoms with Crippen molar-refractivity contribution in [3.05, 3.63) is 103 Å². The number of para-hydroxylation sites is 1. The molecular formula is C30H28ClIN4O5S. The molecule has 4 rings (SSSR count). The molecule has 0 unspecified atom stereocenters. The molecule has 0 aliphatic carbocycles. The van der Waals surface area contributed by atoms with Crippen molar-refractivity contribution in [2.45, 2.75) is 26.5 Å². The maximum atomic E-state index is 12.7. The first-order chi connectivity index (χ1) is 20.2. The predicted molar refractivity (Wildman–Crippen MR) is 174 cm³/mol. The van der Waals surface area contributed by atoms with E-state index in [1.807, 2.05) is 48.5 Å². The van der Waals surface area contributed by atoms with E-state index in [4.69, 9.17) is 38.0 Å². The quantitative estimate of drug-likeness (QED) is 0.0795. The highest BCUT2D eigenvalue weighted by Crippen LogP contribution is 2.33. The zero-order valence-electron chi connectivity index (χ0n) is 22.8. The third-order valence-corrected chi connectivity index (χ3v) is 7.33. The molecule has 0 aromatic heterocycles. The van der Waals surface area contributed by atoms with Gasteiger partial charge in [-0.1, -0.05) is 41.9 Å². The van der Waals surface area contributed by atoms with Crippen molar-refractivity contribution in [2.24, 2.45) is 5.10 Å². The molecule has 9 nitrogen and oxygen atoms in total. The predicted octanol–water partition coefficient (Wildman–Crippen LogP) is 5.41. The Balaban J connectivity index is 1.34. The molecule has 1 aliphatic heterocycles. The van der Waals surface area contributed by atoms with Gasteiger partial charge in [-0.2, -0.15) is 5.10 Å². The summed E-state index contributed by atoms with van der Waals surface area (Å²) in [7, 11) is 0. The van der Waals surface area contributed by atoms with Crippen LogP contribution in [-0.2, 0) is 20.9 Å². The molecule has 42 heavy (non-hydrogen) atoms. The number of carbonyl (C=O) groups is 2. The third kappa shape index (κ3) is 8.43. The van der Waals surface area contributed by atoms with Crippen LogP contribution in [0.25, 0.3) is 0 Å². The molecule has 1 amide bonds. The van der Waals surface area contributed by atoms with Gasteiger partial charge in [-0.3, -0.25) is 4.79 Å². The summed E-state index contributed by atoms with van der Waals surface area (Å²) in [5, 5.41) is 11.2. The summed E-state index contributed by atoms with van der Waals surface area (Å²) >= 11 is 13.4. The summed E-state index contributed by atoms with van der Waals surface area (Å²) in [5.41, 5.74) is 5.86. The lowest BCUT2D eigenvalue weighted by molar-refractivity contribution is -0.139. The number of nitrogens with zero attached hydrogens (tertiary/aromatic N) is 1. The van der Waals surface area contributed by atoms with Crippen molar-refractivity contribution in [1.29, 1.82) is 0 Å². The number of amides is 1. The molecule has 0 saturated heterocycles. The zero-order chi connectivity index (χ0) is 30.1. The Morgan fingerprint density at radius 1 is 1.10 bits per heavy atom. The van der Waals surface area contributed by atoms with E-state index in [0.29, 0.717) is 39.3 Å². The van der Waals surface area contributed by atoms with Crippen LogP contribution in [0.2, 0.25) is 5.02 Å². The number of hydrazone groups is 1. The van der Waals surface area contributed by atoms with Crippen molar-refractivity contribution < 1.29 is 23.8 Å². The maximum absolute atomic E-state index is 12.7. The Hall–Kier alpha value is -3.68. The largest absolute Gasteiger partial charge is 0.488 e. The van der Waals surface area contributed by atoms with Gasteiger partial charge >= 0.3 is 5.97 Å². The second kappa shape index (κ2) is 15.0. The maximum Gasteiger partial charge on any atom is 0.338 e. The first kappa shape index (κ1) is 31.3. The van der Waals surface area contributed by atoms with E-state index >= 15 is 0 Å². The molecule has 3 aromatic rings. The fourth-order valence-corrected chi connectivity index (χ4v) is 5.16. The summed E-state index contributed by atoms with van der Waals surface area (Å²) in [5.74, 6) is 0.223. The second-order valence-electron chi connectivity index (χ2n) is 9.02. The Kier molecular flexibility index (Phi) is 11.2. The lowest BCUT2D eigenvalue weighted by Crippen LogP contribution is -2.45. The number of benzene rings is 3. The van der Waals surface area contributed by atoms with Gasteiger partial charge in [0.15, 0.2) is 11.7 Å². The van der Waals surface area contributed by atoms with Crippen molar-refractivity contribution >= 4 is 69.6 Å². The summed E-state index contributed by atoms with van der Waals surface area (Å²) < 4.78 is 17.9. The monoisotopic (exact) mass is 718 g/mol. The number of hydrogen-bond acceptors (Lipinski definition) is 7. The molecular weight excluding hydrogens is 691 g/mol. The van der Waals surface area contributed by atoms with Crippen molar-refractivity contribution in [3.63, 3.8) is 0 Å². The molecule has 3 N–H and O–H groups in total. The smallest absolute Gasteiger partial charge is 0.338 e. The number of thiocarbonyl (C=S) groups is 1. The van der Waals surface area contributed by atoms with Gasteiger partial charge in [-0.05, 0) is 96.2 Å². The van der Waals surface area contributed by atoms with Gasteiger partial charge < -0.3 is 24.8 Å². The highest BCUT2D eigenvalue weighted by atomic mass is 127. The van der Waals surface area contributed by atoms with Crippen LogP contribution in [0.4, 0.5) is 0 Å². The van der Waals surface area contributed by atoms with E-state index < -0.39 is 17.9 Å². The molecule has 12 heteroatoms. The van der Waals surface area contributed by atoms with Gasteiger partial charge in [0, 0.05) is 16.3 Å². The highest BCUT2D eigenvalue weighted by molar-refractivity contribution is 14.1. The van der Waals surface area contributed by atoms with Gasteiger partial charge in [0.25, 0.3) is 5.91 Å². The summed E-state index contributed by atoms with van der Waals surface area (Å²) in [6, 6.07) is 19.6. The van der Waals surface area contributed by atoms with E-state index in [1.54, 1.807) is 32.0 Å². The van der Waals surface area contributed by atoms with Crippen LogP contribution in [0.1, 0.15) is 36.6 Å². The number of carbonyl (C=O) groups excluding carboxylic acids is 2. The molecule has 218 valence electrons. The Morgan fingerprint density at radius 3 is 2.60 bits per heavy atom. The molecule has 0 saturated carbocycles. The van der Waals surface area contributed by atoms with Crippen LogP contribution >= 0.6 is 46.4 Å². The number of hydrogen-bond donors (Lipinski definition) is 3.